The second-order valence-electron chi connectivity index (χ2n) is 3.89. The fraction of sp³-hybridized carbons (Fsp3) is 0.909. The van der Waals surface area contributed by atoms with Gasteiger partial charge in [0.25, 0.3) is 0 Å². The first-order valence-electron chi connectivity index (χ1n) is 6.05. The molecule has 0 radical (unpaired) electrons. The molecule has 0 saturated carbocycles. The summed E-state index contributed by atoms with van der Waals surface area (Å²) in [5.74, 6) is 0. The van der Waals surface area contributed by atoms with Crippen LogP contribution in [-0.4, -0.2) is 11.7 Å². The van der Waals surface area contributed by atoms with E-state index in [-0.39, 0.29) is 0 Å². The lowest BCUT2D eigenvalue weighted by molar-refractivity contribution is 0.546. The average Bonchev–Trinajstić information content (AvgIpc) is 2.20. The number of rotatable bonds is 10. The highest BCUT2D eigenvalue weighted by Gasteiger charge is 1.91. The molecule has 0 aromatic rings. The molecular formula is C11H25N3S. The lowest BCUT2D eigenvalue weighted by Crippen LogP contribution is -2.41. The number of unbranched alkanes of at least 4 members (excludes halogenated alkanes) is 7. The van der Waals surface area contributed by atoms with E-state index in [0.717, 1.165) is 6.54 Å². The highest BCUT2D eigenvalue weighted by atomic mass is 32.1. The maximum Gasteiger partial charge on any atom is 0.178 e. The first-order chi connectivity index (χ1) is 7.27. The van der Waals surface area contributed by atoms with Crippen LogP contribution in [0.15, 0.2) is 0 Å². The summed E-state index contributed by atoms with van der Waals surface area (Å²) in [6.45, 7) is 3.19. The van der Waals surface area contributed by atoms with Gasteiger partial charge in [0.05, 0.1) is 0 Å². The Morgan fingerprint density at radius 3 is 2.07 bits per heavy atom. The van der Waals surface area contributed by atoms with Gasteiger partial charge in [0.1, 0.15) is 0 Å². The van der Waals surface area contributed by atoms with E-state index in [9.17, 15) is 0 Å². The molecule has 0 aliphatic heterocycles. The van der Waals surface area contributed by atoms with Crippen molar-refractivity contribution in [3.05, 3.63) is 0 Å². The topological polar surface area (TPSA) is 50.1 Å². The van der Waals surface area contributed by atoms with Crippen molar-refractivity contribution in [1.82, 2.24) is 10.9 Å². The van der Waals surface area contributed by atoms with Crippen LogP contribution in [0, 0.1) is 0 Å². The molecule has 0 aromatic carbocycles. The zero-order chi connectivity index (χ0) is 11.4. The third kappa shape index (κ3) is 13.7. The minimum atomic E-state index is 0.314. The predicted molar refractivity (Wildman–Crippen MR) is 70.5 cm³/mol. The Labute approximate surface area is 99.2 Å². The fourth-order valence-corrected chi connectivity index (χ4v) is 1.57. The second kappa shape index (κ2) is 11.7. The molecule has 0 fully saturated rings. The van der Waals surface area contributed by atoms with E-state index in [2.05, 4.69) is 30.0 Å². The molecule has 0 spiro atoms. The number of hydrogen-bond acceptors (Lipinski definition) is 2. The second-order valence-corrected chi connectivity index (χ2v) is 4.33. The van der Waals surface area contributed by atoms with E-state index in [4.69, 9.17) is 5.73 Å². The van der Waals surface area contributed by atoms with Crippen molar-refractivity contribution < 1.29 is 0 Å². The summed E-state index contributed by atoms with van der Waals surface area (Å²) >= 11 is 4.66. The monoisotopic (exact) mass is 231 g/mol. The van der Waals surface area contributed by atoms with E-state index < -0.39 is 0 Å². The minimum absolute atomic E-state index is 0.314. The Hall–Kier alpha value is -0.350. The van der Waals surface area contributed by atoms with E-state index in [1.54, 1.807) is 0 Å². The van der Waals surface area contributed by atoms with Crippen LogP contribution in [0.1, 0.15) is 58.3 Å². The van der Waals surface area contributed by atoms with E-state index in [1.165, 1.54) is 51.4 Å². The summed E-state index contributed by atoms with van der Waals surface area (Å²) in [6.07, 6.45) is 10.7. The molecule has 90 valence electrons. The lowest BCUT2D eigenvalue weighted by Gasteiger charge is -2.05. The van der Waals surface area contributed by atoms with Gasteiger partial charge in [-0.3, -0.25) is 5.43 Å². The van der Waals surface area contributed by atoms with Crippen molar-refractivity contribution in [2.24, 2.45) is 5.73 Å². The van der Waals surface area contributed by atoms with Gasteiger partial charge in [0, 0.05) is 6.54 Å². The molecule has 4 N–H and O–H groups in total. The summed E-state index contributed by atoms with van der Waals surface area (Å²) in [6, 6.07) is 0. The molecule has 0 saturated heterocycles. The van der Waals surface area contributed by atoms with Gasteiger partial charge in [-0.1, -0.05) is 51.9 Å². The summed E-state index contributed by atoms with van der Waals surface area (Å²) in [5.41, 5.74) is 11.0. The highest BCUT2D eigenvalue weighted by Crippen LogP contribution is 2.07. The molecule has 0 atom stereocenters. The van der Waals surface area contributed by atoms with Crippen molar-refractivity contribution in [3.8, 4) is 0 Å². The van der Waals surface area contributed by atoms with Gasteiger partial charge < -0.3 is 5.73 Å². The van der Waals surface area contributed by atoms with Gasteiger partial charge in [-0.15, -0.1) is 0 Å². The Morgan fingerprint density at radius 2 is 1.53 bits per heavy atom. The van der Waals surface area contributed by atoms with Crippen LogP contribution >= 0.6 is 12.2 Å². The van der Waals surface area contributed by atoms with Gasteiger partial charge in [0.15, 0.2) is 5.11 Å². The van der Waals surface area contributed by atoms with Crippen LogP contribution in [0.5, 0.6) is 0 Å². The summed E-state index contributed by atoms with van der Waals surface area (Å²) in [5, 5.41) is 0.314. The number of nitrogens with two attached hydrogens (primary N) is 1. The Bertz CT molecular complexity index is 151. The van der Waals surface area contributed by atoms with Crippen molar-refractivity contribution >= 4 is 17.3 Å². The van der Waals surface area contributed by atoms with E-state index in [1.807, 2.05) is 0 Å². The van der Waals surface area contributed by atoms with Gasteiger partial charge in [-0.05, 0) is 18.6 Å². The highest BCUT2D eigenvalue weighted by molar-refractivity contribution is 7.80. The largest absolute Gasteiger partial charge is 0.375 e. The SMILES string of the molecule is CCCCCCCCCCNNC(N)=S. The maximum atomic E-state index is 5.26. The van der Waals surface area contributed by atoms with Crippen molar-refractivity contribution in [1.29, 1.82) is 0 Å². The Balaban J connectivity index is 2.89. The van der Waals surface area contributed by atoms with Gasteiger partial charge in [-0.2, -0.15) is 0 Å². The van der Waals surface area contributed by atoms with Crippen molar-refractivity contribution in [2.45, 2.75) is 58.3 Å². The quantitative estimate of drug-likeness (QED) is 0.307. The Morgan fingerprint density at radius 1 is 1.00 bits per heavy atom. The lowest BCUT2D eigenvalue weighted by atomic mass is 10.1. The molecule has 0 aromatic heterocycles. The molecule has 0 heterocycles. The third-order valence-corrected chi connectivity index (χ3v) is 2.47. The first-order valence-corrected chi connectivity index (χ1v) is 6.46. The smallest absolute Gasteiger partial charge is 0.178 e. The molecule has 4 heteroatoms. The Kier molecular flexibility index (Phi) is 11.4. The molecule has 0 unspecified atom stereocenters. The molecule has 3 nitrogen and oxygen atoms in total. The summed E-state index contributed by atoms with van der Waals surface area (Å²) in [7, 11) is 0. The average molecular weight is 231 g/mol. The predicted octanol–water partition coefficient (Wildman–Crippen LogP) is 2.46. The van der Waals surface area contributed by atoms with Crippen molar-refractivity contribution in [2.75, 3.05) is 6.54 Å². The first kappa shape index (κ1) is 14.6. The normalized spacial score (nSPS) is 10.2. The molecule has 0 bridgehead atoms. The number of hydrogen-bond donors (Lipinski definition) is 3. The zero-order valence-electron chi connectivity index (χ0n) is 9.85. The van der Waals surface area contributed by atoms with Crippen LogP contribution < -0.4 is 16.6 Å². The minimum Gasteiger partial charge on any atom is -0.375 e. The summed E-state index contributed by atoms with van der Waals surface area (Å²) < 4.78 is 0. The van der Waals surface area contributed by atoms with Gasteiger partial charge >= 0.3 is 0 Å². The molecule has 0 amide bonds. The van der Waals surface area contributed by atoms with E-state index >= 15 is 0 Å². The van der Waals surface area contributed by atoms with Crippen LogP contribution in [-0.2, 0) is 0 Å². The molecule has 15 heavy (non-hydrogen) atoms. The number of thiocarbonyl (C=S) groups is 1. The van der Waals surface area contributed by atoms with Crippen LogP contribution in [0.25, 0.3) is 0 Å². The molecule has 0 rings (SSSR count). The zero-order valence-corrected chi connectivity index (χ0v) is 10.7. The number of nitrogens with one attached hydrogen (secondary N) is 2. The van der Waals surface area contributed by atoms with Crippen LogP contribution in [0.2, 0.25) is 0 Å². The van der Waals surface area contributed by atoms with Crippen LogP contribution in [0.3, 0.4) is 0 Å². The number of hydrazine groups is 1. The fourth-order valence-electron chi connectivity index (χ4n) is 1.50. The summed E-state index contributed by atoms with van der Waals surface area (Å²) in [4.78, 5) is 0. The van der Waals surface area contributed by atoms with E-state index in [0.29, 0.717) is 5.11 Å². The molecule has 0 aliphatic carbocycles. The van der Waals surface area contributed by atoms with Crippen molar-refractivity contribution in [3.63, 3.8) is 0 Å². The molecule has 0 aliphatic rings. The standard InChI is InChI=1S/C11H25N3S/c1-2-3-4-5-6-7-8-9-10-13-14-11(12)15/h13H,2-10H2,1H3,(H3,12,14,15). The maximum absolute atomic E-state index is 5.26. The van der Waals surface area contributed by atoms with Gasteiger partial charge in [0.2, 0.25) is 0 Å². The third-order valence-electron chi connectivity index (χ3n) is 2.37. The van der Waals surface area contributed by atoms with Crippen LogP contribution in [0.4, 0.5) is 0 Å². The molecular weight excluding hydrogens is 206 g/mol. The van der Waals surface area contributed by atoms with Gasteiger partial charge in [-0.25, -0.2) is 5.43 Å².